The third-order valence-electron chi connectivity index (χ3n) is 1.78. The minimum absolute atomic E-state index is 0.135. The fourth-order valence-electron chi connectivity index (χ4n) is 0.954. The molecule has 0 aliphatic carbocycles. The first kappa shape index (κ1) is 7.50. The molecule has 1 rings (SSSR count). The van der Waals surface area contributed by atoms with Crippen molar-refractivity contribution in [1.29, 1.82) is 0 Å². The summed E-state index contributed by atoms with van der Waals surface area (Å²) in [5.41, 5.74) is 0. The highest BCUT2D eigenvalue weighted by molar-refractivity contribution is 5.73. The molecule has 1 aliphatic rings. The van der Waals surface area contributed by atoms with Crippen LogP contribution in [0.4, 0.5) is 0 Å². The maximum absolute atomic E-state index is 10.8. The van der Waals surface area contributed by atoms with Crippen molar-refractivity contribution in [2.45, 2.75) is 6.92 Å². The molecule has 1 fully saturated rings. The van der Waals surface area contributed by atoms with Gasteiger partial charge in [-0.15, -0.1) is 0 Å². The average molecular weight is 143 g/mol. The van der Waals surface area contributed by atoms with Gasteiger partial charge in [-0.3, -0.25) is 4.79 Å². The molecular weight excluding hydrogens is 130 g/mol. The predicted molar refractivity (Wildman–Crippen MR) is 37.8 cm³/mol. The third kappa shape index (κ3) is 1.27. The maximum atomic E-state index is 10.8. The van der Waals surface area contributed by atoms with Crippen LogP contribution in [-0.4, -0.2) is 48.3 Å². The van der Waals surface area contributed by atoms with Gasteiger partial charge in [0.1, 0.15) is 0 Å². The van der Waals surface area contributed by atoms with Crippen LogP contribution in [0.2, 0.25) is 0 Å². The number of rotatable bonds is 0. The molecule has 0 unspecified atom stereocenters. The zero-order chi connectivity index (χ0) is 7.72. The lowest BCUT2D eigenvalue weighted by Crippen LogP contribution is -2.28. The van der Waals surface area contributed by atoms with E-state index in [1.807, 2.05) is 24.1 Å². The molecule has 0 saturated carbocycles. The molecule has 1 amide bonds. The summed E-state index contributed by atoms with van der Waals surface area (Å²) in [7, 11) is 3.92. The summed E-state index contributed by atoms with van der Waals surface area (Å²) >= 11 is 0. The first-order valence-corrected chi connectivity index (χ1v) is 3.29. The largest absolute Gasteiger partial charge is 0.314 e. The number of carbonyl (C=O) groups excluding carboxylic acids is 1. The second kappa shape index (κ2) is 2.56. The standard InChI is InChI=1S/C6H13N3O/c1-6(10)9-4-7(2)8(3)5-9/h4-5H2,1-3H3. The van der Waals surface area contributed by atoms with Crippen molar-refractivity contribution in [2.24, 2.45) is 0 Å². The lowest BCUT2D eigenvalue weighted by molar-refractivity contribution is -0.128. The Labute approximate surface area is 61.0 Å². The monoisotopic (exact) mass is 143 g/mol. The molecule has 1 heterocycles. The lowest BCUT2D eigenvalue weighted by atomic mass is 10.6. The van der Waals surface area contributed by atoms with E-state index in [-0.39, 0.29) is 5.91 Å². The Hall–Kier alpha value is -0.610. The Morgan fingerprint density at radius 1 is 1.20 bits per heavy atom. The maximum Gasteiger partial charge on any atom is 0.221 e. The van der Waals surface area contributed by atoms with Gasteiger partial charge in [-0.1, -0.05) is 0 Å². The summed E-state index contributed by atoms with van der Waals surface area (Å²) in [6.07, 6.45) is 0. The number of amides is 1. The fraction of sp³-hybridized carbons (Fsp3) is 0.833. The zero-order valence-corrected chi connectivity index (χ0v) is 6.66. The van der Waals surface area contributed by atoms with Crippen molar-refractivity contribution in [1.82, 2.24) is 14.9 Å². The summed E-state index contributed by atoms with van der Waals surface area (Å²) in [5.74, 6) is 0.135. The molecule has 58 valence electrons. The Balaban J connectivity index is 2.49. The van der Waals surface area contributed by atoms with Crippen molar-refractivity contribution in [3.8, 4) is 0 Å². The molecule has 0 aromatic heterocycles. The van der Waals surface area contributed by atoms with Gasteiger partial charge in [0, 0.05) is 21.0 Å². The molecule has 0 radical (unpaired) electrons. The van der Waals surface area contributed by atoms with Crippen molar-refractivity contribution >= 4 is 5.91 Å². The Morgan fingerprint density at radius 2 is 1.60 bits per heavy atom. The highest BCUT2D eigenvalue weighted by Gasteiger charge is 2.22. The van der Waals surface area contributed by atoms with Gasteiger partial charge in [0.25, 0.3) is 0 Å². The minimum Gasteiger partial charge on any atom is -0.314 e. The Kier molecular flexibility index (Phi) is 1.92. The number of hydrogen-bond acceptors (Lipinski definition) is 3. The second-order valence-corrected chi connectivity index (χ2v) is 2.66. The molecule has 4 nitrogen and oxygen atoms in total. The molecule has 0 N–H and O–H groups in total. The summed E-state index contributed by atoms with van der Waals surface area (Å²) in [6.45, 7) is 3.02. The molecule has 4 heteroatoms. The van der Waals surface area contributed by atoms with Gasteiger partial charge in [0.2, 0.25) is 5.91 Å². The zero-order valence-electron chi connectivity index (χ0n) is 6.66. The summed E-state index contributed by atoms with van der Waals surface area (Å²) < 4.78 is 0. The number of hydrogen-bond donors (Lipinski definition) is 0. The Bertz CT molecular complexity index is 138. The van der Waals surface area contributed by atoms with Crippen molar-refractivity contribution in [2.75, 3.05) is 27.4 Å². The number of carbonyl (C=O) groups is 1. The van der Waals surface area contributed by atoms with Gasteiger partial charge in [-0.25, -0.2) is 10.0 Å². The average Bonchev–Trinajstić information content (AvgIpc) is 2.13. The highest BCUT2D eigenvalue weighted by atomic mass is 16.2. The van der Waals surface area contributed by atoms with Gasteiger partial charge in [-0.05, 0) is 0 Å². The Morgan fingerprint density at radius 3 is 1.80 bits per heavy atom. The molecule has 0 atom stereocenters. The van der Waals surface area contributed by atoms with Gasteiger partial charge >= 0.3 is 0 Å². The molecule has 0 bridgehead atoms. The van der Waals surface area contributed by atoms with Crippen LogP contribution in [-0.2, 0) is 4.79 Å². The van der Waals surface area contributed by atoms with Gasteiger partial charge < -0.3 is 4.90 Å². The van der Waals surface area contributed by atoms with E-state index >= 15 is 0 Å². The minimum atomic E-state index is 0.135. The van der Waals surface area contributed by atoms with Crippen molar-refractivity contribution in [3.63, 3.8) is 0 Å². The molecular formula is C6H13N3O. The van der Waals surface area contributed by atoms with Crippen LogP contribution < -0.4 is 0 Å². The van der Waals surface area contributed by atoms with E-state index in [4.69, 9.17) is 0 Å². The third-order valence-corrected chi connectivity index (χ3v) is 1.78. The second-order valence-electron chi connectivity index (χ2n) is 2.66. The van der Waals surface area contributed by atoms with Crippen LogP contribution in [0.3, 0.4) is 0 Å². The quantitative estimate of drug-likeness (QED) is 0.459. The fourth-order valence-corrected chi connectivity index (χ4v) is 0.954. The van der Waals surface area contributed by atoms with Crippen LogP contribution >= 0.6 is 0 Å². The van der Waals surface area contributed by atoms with Crippen LogP contribution in [0, 0.1) is 0 Å². The first-order chi connectivity index (χ1) is 4.61. The summed E-state index contributed by atoms with van der Waals surface area (Å²) in [5, 5.41) is 4.00. The molecule has 0 spiro atoms. The van der Waals surface area contributed by atoms with Crippen molar-refractivity contribution < 1.29 is 4.79 Å². The number of nitrogens with zero attached hydrogens (tertiary/aromatic N) is 3. The van der Waals surface area contributed by atoms with Gasteiger partial charge in [0.05, 0.1) is 13.3 Å². The summed E-state index contributed by atoms with van der Waals surface area (Å²) in [6, 6.07) is 0. The molecule has 0 aromatic rings. The van der Waals surface area contributed by atoms with E-state index in [1.165, 1.54) is 0 Å². The first-order valence-electron chi connectivity index (χ1n) is 3.29. The normalized spacial score (nSPS) is 22.1. The van der Waals surface area contributed by atoms with E-state index < -0.39 is 0 Å². The number of hydrazine groups is 1. The molecule has 10 heavy (non-hydrogen) atoms. The van der Waals surface area contributed by atoms with Crippen molar-refractivity contribution in [3.05, 3.63) is 0 Å². The SMILES string of the molecule is CC(=O)N1CN(C)N(C)C1. The van der Waals surface area contributed by atoms with E-state index in [1.54, 1.807) is 11.8 Å². The van der Waals surface area contributed by atoms with E-state index in [0.29, 0.717) is 13.3 Å². The van der Waals surface area contributed by atoms with Gasteiger partial charge in [0.15, 0.2) is 0 Å². The smallest absolute Gasteiger partial charge is 0.221 e. The predicted octanol–water partition coefficient (Wildman–Crippen LogP) is -0.458. The molecule has 0 aromatic carbocycles. The van der Waals surface area contributed by atoms with E-state index in [0.717, 1.165) is 0 Å². The van der Waals surface area contributed by atoms with Gasteiger partial charge in [-0.2, -0.15) is 0 Å². The van der Waals surface area contributed by atoms with E-state index in [9.17, 15) is 4.79 Å². The van der Waals surface area contributed by atoms with Crippen LogP contribution in [0.15, 0.2) is 0 Å². The highest BCUT2D eigenvalue weighted by Crippen LogP contribution is 2.05. The molecule has 1 saturated heterocycles. The molecule has 1 aliphatic heterocycles. The lowest BCUT2D eigenvalue weighted by Gasteiger charge is -2.14. The van der Waals surface area contributed by atoms with E-state index in [2.05, 4.69) is 0 Å². The summed E-state index contributed by atoms with van der Waals surface area (Å²) in [4.78, 5) is 12.6. The van der Waals surface area contributed by atoms with Crippen LogP contribution in [0.1, 0.15) is 6.92 Å². The van der Waals surface area contributed by atoms with Crippen LogP contribution in [0.25, 0.3) is 0 Å². The topological polar surface area (TPSA) is 26.8 Å². The van der Waals surface area contributed by atoms with Crippen LogP contribution in [0.5, 0.6) is 0 Å².